The second-order valence-corrected chi connectivity index (χ2v) is 7.78. The molecule has 6 heteroatoms. The van der Waals surface area contributed by atoms with Crippen molar-refractivity contribution >= 4 is 45.5 Å². The minimum Gasteiger partial charge on any atom is -0.455 e. The normalized spacial score (nSPS) is 15.3. The molecule has 3 aromatic rings. The number of halogens is 1. The molecule has 1 aliphatic carbocycles. The summed E-state index contributed by atoms with van der Waals surface area (Å²) in [5.74, 6) is 0.974. The van der Waals surface area contributed by atoms with Gasteiger partial charge in [0.1, 0.15) is 22.3 Å². The first-order valence-corrected chi connectivity index (χ1v) is 9.92. The molecule has 128 valence electrons. The molecule has 1 aromatic heterocycles. The number of nitrogens with one attached hydrogen (secondary N) is 1. The van der Waals surface area contributed by atoms with Gasteiger partial charge in [0.05, 0.1) is 11.3 Å². The summed E-state index contributed by atoms with van der Waals surface area (Å²) in [6.07, 6.45) is 4.64. The zero-order chi connectivity index (χ0) is 17.6. The van der Waals surface area contributed by atoms with E-state index in [1.54, 1.807) is 18.4 Å². The molecular formula is C19H16ClNO3S. The van der Waals surface area contributed by atoms with Crippen molar-refractivity contribution in [1.82, 2.24) is 0 Å². The SMILES string of the molecule is CS(=O)Nc1cc2oc(-c3ccc(Cl)cc3)c(C=O)c2cc1C1CC1. The van der Waals surface area contributed by atoms with Crippen LogP contribution in [0.5, 0.6) is 0 Å². The Morgan fingerprint density at radius 3 is 2.56 bits per heavy atom. The van der Waals surface area contributed by atoms with Gasteiger partial charge >= 0.3 is 0 Å². The van der Waals surface area contributed by atoms with E-state index in [2.05, 4.69) is 4.72 Å². The summed E-state index contributed by atoms with van der Waals surface area (Å²) >= 11 is 5.95. The quantitative estimate of drug-likeness (QED) is 0.629. The van der Waals surface area contributed by atoms with Gasteiger partial charge < -0.3 is 9.14 Å². The molecule has 1 fully saturated rings. The van der Waals surface area contributed by atoms with Crippen LogP contribution >= 0.6 is 11.6 Å². The fraction of sp³-hybridized carbons (Fsp3) is 0.211. The van der Waals surface area contributed by atoms with Gasteiger partial charge in [0.25, 0.3) is 0 Å². The standard InChI is InChI=1S/C19H16ClNO3S/c1-25(23)21-17-9-18-15(8-14(17)11-2-3-11)16(10-22)19(24-18)12-4-6-13(20)7-5-12/h4-11,21H,2-3H2,1H3. The maximum atomic E-state index is 11.8. The van der Waals surface area contributed by atoms with E-state index < -0.39 is 11.0 Å². The van der Waals surface area contributed by atoms with E-state index in [1.165, 1.54) is 0 Å². The fourth-order valence-electron chi connectivity index (χ4n) is 3.09. The van der Waals surface area contributed by atoms with Gasteiger partial charge in [0, 0.05) is 28.3 Å². The van der Waals surface area contributed by atoms with Crippen molar-refractivity contribution < 1.29 is 13.4 Å². The van der Waals surface area contributed by atoms with E-state index in [9.17, 15) is 9.00 Å². The molecule has 0 radical (unpaired) electrons. The van der Waals surface area contributed by atoms with E-state index >= 15 is 0 Å². The number of anilines is 1. The number of furan rings is 1. The molecule has 4 nitrogen and oxygen atoms in total. The third kappa shape index (κ3) is 3.10. The van der Waals surface area contributed by atoms with Gasteiger partial charge in [-0.25, -0.2) is 4.21 Å². The zero-order valence-corrected chi connectivity index (χ0v) is 15.1. The van der Waals surface area contributed by atoms with Crippen LogP contribution in [0.2, 0.25) is 5.02 Å². The highest BCUT2D eigenvalue weighted by Gasteiger charge is 2.28. The molecule has 0 bridgehead atoms. The molecule has 2 aromatic carbocycles. The van der Waals surface area contributed by atoms with E-state index in [0.717, 1.165) is 41.3 Å². The molecule has 1 atom stereocenters. The number of carbonyl (C=O) groups is 1. The predicted molar refractivity (Wildman–Crippen MR) is 102 cm³/mol. The van der Waals surface area contributed by atoms with Gasteiger partial charge in [0.15, 0.2) is 6.29 Å². The van der Waals surface area contributed by atoms with E-state index in [-0.39, 0.29) is 0 Å². The number of aldehydes is 1. The van der Waals surface area contributed by atoms with Crippen LogP contribution in [0.15, 0.2) is 40.8 Å². The van der Waals surface area contributed by atoms with Crippen molar-refractivity contribution in [2.45, 2.75) is 18.8 Å². The first-order chi connectivity index (χ1) is 12.1. The van der Waals surface area contributed by atoms with Crippen molar-refractivity contribution in [3.05, 3.63) is 52.5 Å². The summed E-state index contributed by atoms with van der Waals surface area (Å²) in [5.41, 5.74) is 3.83. The van der Waals surface area contributed by atoms with Gasteiger partial charge in [-0.2, -0.15) is 0 Å². The molecular weight excluding hydrogens is 358 g/mol. The molecule has 0 saturated heterocycles. The van der Waals surface area contributed by atoms with Crippen LogP contribution < -0.4 is 4.72 Å². The summed E-state index contributed by atoms with van der Waals surface area (Å²) in [7, 11) is -1.17. The average Bonchev–Trinajstić information content (AvgIpc) is 3.35. The smallest absolute Gasteiger partial charge is 0.154 e. The first-order valence-electron chi connectivity index (χ1n) is 7.98. The number of fused-ring (bicyclic) bond motifs is 1. The molecule has 25 heavy (non-hydrogen) atoms. The largest absolute Gasteiger partial charge is 0.455 e. The lowest BCUT2D eigenvalue weighted by Gasteiger charge is -2.09. The summed E-state index contributed by atoms with van der Waals surface area (Å²) in [4.78, 5) is 11.8. The number of hydrogen-bond acceptors (Lipinski definition) is 3. The lowest BCUT2D eigenvalue weighted by Crippen LogP contribution is -2.03. The van der Waals surface area contributed by atoms with Crippen molar-refractivity contribution in [3.8, 4) is 11.3 Å². The van der Waals surface area contributed by atoms with Gasteiger partial charge in [-0.1, -0.05) is 11.6 Å². The van der Waals surface area contributed by atoms with E-state index in [4.69, 9.17) is 16.0 Å². The summed E-state index contributed by atoms with van der Waals surface area (Å²) in [6, 6.07) is 11.0. The van der Waals surface area contributed by atoms with Crippen LogP contribution in [0.25, 0.3) is 22.3 Å². The number of rotatable bonds is 5. The molecule has 1 aliphatic rings. The van der Waals surface area contributed by atoms with Crippen molar-refractivity contribution in [1.29, 1.82) is 0 Å². The van der Waals surface area contributed by atoms with Crippen LogP contribution in [-0.4, -0.2) is 16.8 Å². The molecule has 4 rings (SSSR count). The average molecular weight is 374 g/mol. The van der Waals surface area contributed by atoms with Gasteiger partial charge in [-0.15, -0.1) is 0 Å². The Kier molecular flexibility index (Phi) is 4.13. The van der Waals surface area contributed by atoms with Gasteiger partial charge in [0.2, 0.25) is 0 Å². The molecule has 1 heterocycles. The van der Waals surface area contributed by atoms with Crippen LogP contribution in [0.4, 0.5) is 5.69 Å². The molecule has 1 unspecified atom stereocenters. The Morgan fingerprint density at radius 2 is 1.96 bits per heavy atom. The summed E-state index contributed by atoms with van der Waals surface area (Å²) in [5, 5.41) is 1.41. The third-order valence-corrected chi connectivity index (χ3v) is 5.15. The van der Waals surface area contributed by atoms with Gasteiger partial charge in [-0.3, -0.25) is 4.79 Å². The van der Waals surface area contributed by atoms with Gasteiger partial charge in [-0.05, 0) is 54.7 Å². The molecule has 0 spiro atoms. The maximum Gasteiger partial charge on any atom is 0.154 e. The van der Waals surface area contributed by atoms with E-state index in [1.807, 2.05) is 24.3 Å². The highest BCUT2D eigenvalue weighted by atomic mass is 35.5. The van der Waals surface area contributed by atoms with Crippen LogP contribution in [0.3, 0.4) is 0 Å². The monoisotopic (exact) mass is 373 g/mol. The fourth-order valence-corrected chi connectivity index (χ4v) is 3.70. The minimum absolute atomic E-state index is 0.448. The second-order valence-electron chi connectivity index (χ2n) is 6.24. The molecule has 0 amide bonds. The summed E-state index contributed by atoms with van der Waals surface area (Å²) in [6.45, 7) is 0. The van der Waals surface area contributed by atoms with Crippen LogP contribution in [0.1, 0.15) is 34.7 Å². The van der Waals surface area contributed by atoms with Crippen molar-refractivity contribution in [2.24, 2.45) is 0 Å². The second kappa shape index (κ2) is 6.32. The predicted octanol–water partition coefficient (Wildman–Crippen LogP) is 5.15. The Bertz CT molecular complexity index is 990. The maximum absolute atomic E-state index is 11.8. The lowest BCUT2D eigenvalue weighted by molar-refractivity contribution is 0.112. The van der Waals surface area contributed by atoms with Crippen LogP contribution in [-0.2, 0) is 11.0 Å². The Morgan fingerprint density at radius 1 is 1.24 bits per heavy atom. The Labute approximate surface area is 152 Å². The molecule has 1 N–H and O–H groups in total. The number of benzene rings is 2. The third-order valence-electron chi connectivity index (χ3n) is 4.39. The van der Waals surface area contributed by atoms with Crippen molar-refractivity contribution in [3.63, 3.8) is 0 Å². The topological polar surface area (TPSA) is 59.3 Å². The Hall–Kier alpha value is -2.11. The number of carbonyl (C=O) groups excluding carboxylic acids is 1. The van der Waals surface area contributed by atoms with Crippen LogP contribution in [0, 0.1) is 0 Å². The van der Waals surface area contributed by atoms with E-state index in [0.29, 0.717) is 27.8 Å². The highest BCUT2D eigenvalue weighted by Crippen LogP contribution is 2.46. The minimum atomic E-state index is -1.17. The zero-order valence-electron chi connectivity index (χ0n) is 13.5. The molecule has 0 aliphatic heterocycles. The number of hydrogen-bond donors (Lipinski definition) is 1. The van der Waals surface area contributed by atoms with Crippen molar-refractivity contribution in [2.75, 3.05) is 11.0 Å². The lowest BCUT2D eigenvalue weighted by atomic mass is 10.0. The first kappa shape index (κ1) is 16.4. The molecule has 1 saturated carbocycles. The summed E-state index contributed by atoms with van der Waals surface area (Å²) < 4.78 is 20.6. The highest BCUT2D eigenvalue weighted by molar-refractivity contribution is 7.85. The Balaban J connectivity index is 1.92.